The summed E-state index contributed by atoms with van der Waals surface area (Å²) < 4.78 is 6.21. The first-order valence-electron chi connectivity index (χ1n) is 6.39. The molecule has 1 N–H and O–H groups in total. The Labute approximate surface area is 131 Å². The van der Waals surface area contributed by atoms with Gasteiger partial charge in [0.25, 0.3) is 0 Å². The van der Waals surface area contributed by atoms with Crippen LogP contribution < -0.4 is 5.32 Å². The third kappa shape index (κ3) is 3.17. The van der Waals surface area contributed by atoms with Crippen LogP contribution in [0.25, 0.3) is 10.1 Å². The number of benzene rings is 2. The molecule has 0 radical (unpaired) electrons. The molecule has 0 aliphatic heterocycles. The van der Waals surface area contributed by atoms with Gasteiger partial charge in [-0.1, -0.05) is 60.1 Å². The van der Waals surface area contributed by atoms with Gasteiger partial charge in [0.1, 0.15) is 11.6 Å². The standard InChI is InChI=1S/C16H12ClNO2S/c17-14-12-8-4-5-9-13(12)21-15(14)18-16(19)20-10-11-6-2-1-3-7-11/h1-9H,10H2,(H,18,19). The number of hydrogen-bond donors (Lipinski definition) is 1. The molecule has 5 heteroatoms. The van der Waals surface area contributed by atoms with E-state index in [1.807, 2.05) is 54.6 Å². The number of rotatable bonds is 3. The molecule has 106 valence electrons. The van der Waals surface area contributed by atoms with Crippen LogP contribution >= 0.6 is 22.9 Å². The van der Waals surface area contributed by atoms with Gasteiger partial charge in [-0.3, -0.25) is 5.32 Å². The zero-order valence-corrected chi connectivity index (χ0v) is 12.6. The van der Waals surface area contributed by atoms with Crippen molar-refractivity contribution in [3.8, 4) is 0 Å². The Morgan fingerprint density at radius 1 is 1.10 bits per heavy atom. The number of carbonyl (C=O) groups excluding carboxylic acids is 1. The van der Waals surface area contributed by atoms with Crippen LogP contribution in [0.2, 0.25) is 5.02 Å². The number of ether oxygens (including phenoxy) is 1. The lowest BCUT2D eigenvalue weighted by Gasteiger charge is -2.05. The van der Waals surface area contributed by atoms with Gasteiger partial charge in [-0.2, -0.15) is 0 Å². The lowest BCUT2D eigenvalue weighted by molar-refractivity contribution is 0.155. The lowest BCUT2D eigenvalue weighted by Crippen LogP contribution is -2.12. The summed E-state index contributed by atoms with van der Waals surface area (Å²) in [5.41, 5.74) is 0.940. The molecule has 3 rings (SSSR count). The highest BCUT2D eigenvalue weighted by Gasteiger charge is 2.13. The SMILES string of the molecule is O=C(Nc1sc2ccccc2c1Cl)OCc1ccccc1. The van der Waals surface area contributed by atoms with Crippen LogP contribution in [0.4, 0.5) is 9.80 Å². The normalized spacial score (nSPS) is 10.5. The zero-order chi connectivity index (χ0) is 14.7. The Morgan fingerprint density at radius 3 is 2.57 bits per heavy atom. The van der Waals surface area contributed by atoms with Gasteiger partial charge < -0.3 is 4.74 Å². The predicted molar refractivity (Wildman–Crippen MR) is 87.1 cm³/mol. The van der Waals surface area contributed by atoms with E-state index in [1.54, 1.807) is 0 Å². The summed E-state index contributed by atoms with van der Waals surface area (Å²) in [7, 11) is 0. The minimum atomic E-state index is -0.507. The summed E-state index contributed by atoms with van der Waals surface area (Å²) in [6.07, 6.45) is -0.507. The van der Waals surface area contributed by atoms with Crippen molar-refractivity contribution in [1.82, 2.24) is 0 Å². The number of carbonyl (C=O) groups is 1. The second-order valence-electron chi connectivity index (χ2n) is 4.43. The predicted octanol–water partition coefficient (Wildman–Crippen LogP) is 5.30. The van der Waals surface area contributed by atoms with Gasteiger partial charge >= 0.3 is 6.09 Å². The van der Waals surface area contributed by atoms with Crippen molar-refractivity contribution in [1.29, 1.82) is 0 Å². The minimum absolute atomic E-state index is 0.231. The van der Waals surface area contributed by atoms with Crippen molar-refractivity contribution < 1.29 is 9.53 Å². The molecule has 21 heavy (non-hydrogen) atoms. The van der Waals surface area contributed by atoms with Gasteiger partial charge in [-0.05, 0) is 11.6 Å². The maximum atomic E-state index is 11.8. The Morgan fingerprint density at radius 2 is 1.81 bits per heavy atom. The molecule has 0 fully saturated rings. The van der Waals surface area contributed by atoms with Gasteiger partial charge in [0.2, 0.25) is 0 Å². The van der Waals surface area contributed by atoms with E-state index in [0.717, 1.165) is 15.6 Å². The summed E-state index contributed by atoms with van der Waals surface area (Å²) in [5, 5.41) is 4.78. The molecular formula is C16H12ClNO2S. The molecule has 1 heterocycles. The Balaban J connectivity index is 1.67. The van der Waals surface area contributed by atoms with E-state index in [-0.39, 0.29) is 6.61 Å². The summed E-state index contributed by atoms with van der Waals surface area (Å²) in [5.74, 6) is 0. The van der Waals surface area contributed by atoms with Crippen LogP contribution in [-0.4, -0.2) is 6.09 Å². The van der Waals surface area contributed by atoms with Crippen LogP contribution in [0.1, 0.15) is 5.56 Å². The first kappa shape index (κ1) is 13.9. The number of thiophene rings is 1. The fourth-order valence-corrected chi connectivity index (χ4v) is 3.31. The number of amides is 1. The lowest BCUT2D eigenvalue weighted by atomic mass is 10.2. The molecule has 3 aromatic rings. The molecule has 0 aliphatic carbocycles. The number of nitrogens with one attached hydrogen (secondary N) is 1. The summed E-state index contributed by atoms with van der Waals surface area (Å²) in [6, 6.07) is 17.3. The summed E-state index contributed by atoms with van der Waals surface area (Å²) >= 11 is 7.69. The summed E-state index contributed by atoms with van der Waals surface area (Å²) in [4.78, 5) is 11.8. The average molecular weight is 318 g/mol. The largest absolute Gasteiger partial charge is 0.444 e. The second kappa shape index (κ2) is 6.16. The van der Waals surface area contributed by atoms with Gasteiger partial charge in [0.15, 0.2) is 0 Å². The van der Waals surface area contributed by atoms with Crippen molar-refractivity contribution in [2.45, 2.75) is 6.61 Å². The van der Waals surface area contributed by atoms with Gasteiger partial charge in [0.05, 0.1) is 5.02 Å². The van der Waals surface area contributed by atoms with Gasteiger partial charge in [-0.15, -0.1) is 11.3 Å². The molecule has 0 saturated carbocycles. The number of hydrogen-bond acceptors (Lipinski definition) is 3. The topological polar surface area (TPSA) is 38.3 Å². The van der Waals surface area contributed by atoms with E-state index in [9.17, 15) is 4.79 Å². The van der Waals surface area contributed by atoms with E-state index in [0.29, 0.717) is 10.0 Å². The van der Waals surface area contributed by atoms with Crippen LogP contribution in [0.5, 0.6) is 0 Å². The van der Waals surface area contributed by atoms with Crippen molar-refractivity contribution in [3.63, 3.8) is 0 Å². The second-order valence-corrected chi connectivity index (χ2v) is 5.86. The molecule has 1 amide bonds. The molecule has 0 spiro atoms. The first-order chi connectivity index (χ1) is 10.2. The fourth-order valence-electron chi connectivity index (χ4n) is 1.95. The third-order valence-corrected chi connectivity index (χ3v) is 4.55. The zero-order valence-electron chi connectivity index (χ0n) is 11.0. The maximum Gasteiger partial charge on any atom is 0.412 e. The van der Waals surface area contributed by atoms with Crippen LogP contribution in [0.3, 0.4) is 0 Å². The molecule has 0 bridgehead atoms. The van der Waals surface area contributed by atoms with E-state index < -0.39 is 6.09 Å². The smallest absolute Gasteiger partial charge is 0.412 e. The minimum Gasteiger partial charge on any atom is -0.444 e. The third-order valence-electron chi connectivity index (χ3n) is 2.96. The molecule has 0 atom stereocenters. The maximum absolute atomic E-state index is 11.8. The quantitative estimate of drug-likeness (QED) is 0.711. The van der Waals surface area contributed by atoms with Crippen molar-refractivity contribution in [3.05, 3.63) is 65.2 Å². The molecule has 0 aliphatic rings. The van der Waals surface area contributed by atoms with E-state index in [4.69, 9.17) is 16.3 Å². The van der Waals surface area contributed by atoms with Crippen LogP contribution in [0.15, 0.2) is 54.6 Å². The Bertz CT molecular complexity index is 770. The molecular weight excluding hydrogens is 306 g/mol. The molecule has 1 aromatic heterocycles. The molecule has 3 nitrogen and oxygen atoms in total. The number of halogens is 1. The van der Waals surface area contributed by atoms with Gasteiger partial charge in [-0.25, -0.2) is 4.79 Å². The van der Waals surface area contributed by atoms with Crippen LogP contribution in [0, 0.1) is 0 Å². The number of anilines is 1. The highest BCUT2D eigenvalue weighted by Crippen LogP contribution is 2.39. The molecule has 0 saturated heterocycles. The van der Waals surface area contributed by atoms with Crippen molar-refractivity contribution >= 4 is 44.1 Å². The van der Waals surface area contributed by atoms with Gasteiger partial charge in [0, 0.05) is 10.1 Å². The summed E-state index contributed by atoms with van der Waals surface area (Å²) in [6.45, 7) is 0.231. The van der Waals surface area contributed by atoms with Crippen LogP contribution in [-0.2, 0) is 11.3 Å². The van der Waals surface area contributed by atoms with E-state index >= 15 is 0 Å². The Kier molecular flexibility index (Phi) is 4.08. The number of fused-ring (bicyclic) bond motifs is 1. The van der Waals surface area contributed by atoms with E-state index in [1.165, 1.54) is 11.3 Å². The molecule has 0 unspecified atom stereocenters. The average Bonchev–Trinajstić information content (AvgIpc) is 2.83. The first-order valence-corrected chi connectivity index (χ1v) is 7.58. The Hall–Kier alpha value is -2.04. The fraction of sp³-hybridized carbons (Fsp3) is 0.0625. The van der Waals surface area contributed by atoms with Crippen molar-refractivity contribution in [2.24, 2.45) is 0 Å². The highest BCUT2D eigenvalue weighted by atomic mass is 35.5. The van der Waals surface area contributed by atoms with E-state index in [2.05, 4.69) is 5.32 Å². The van der Waals surface area contributed by atoms with Crippen molar-refractivity contribution in [2.75, 3.05) is 5.32 Å². The highest BCUT2D eigenvalue weighted by molar-refractivity contribution is 7.23. The molecule has 2 aromatic carbocycles. The monoisotopic (exact) mass is 317 g/mol.